The first kappa shape index (κ1) is 18.9. The molecule has 0 N–H and O–H groups in total. The monoisotopic (exact) mass is 396 g/mol. The van der Waals surface area contributed by atoms with E-state index < -0.39 is 10.0 Å². The Bertz CT molecular complexity index is 1070. The lowest BCUT2D eigenvalue weighted by Crippen LogP contribution is -2.29. The molecule has 0 aliphatic carbocycles. The molecule has 1 aliphatic rings. The van der Waals surface area contributed by atoms with E-state index in [2.05, 4.69) is 17.3 Å². The average molecular weight is 397 g/mol. The van der Waals surface area contributed by atoms with Crippen LogP contribution in [-0.4, -0.2) is 31.0 Å². The standard InChI is InChI=1S/C22H24N2O3S/c1-3-17-9-10-19(21-13-16(2)23-27-21)14-22(17)28(25,26)24-12-11-20(15-24)18-7-5-4-6-8-18/h4-10,13-14,20H,3,11-12,15H2,1-2H3/t20-/m0/s1. The highest BCUT2D eigenvalue weighted by atomic mass is 32.2. The molecule has 28 heavy (non-hydrogen) atoms. The molecule has 2 heterocycles. The molecule has 3 aromatic rings. The van der Waals surface area contributed by atoms with Crippen molar-refractivity contribution in [3.63, 3.8) is 0 Å². The van der Waals surface area contributed by atoms with Gasteiger partial charge >= 0.3 is 0 Å². The Hall–Kier alpha value is -2.44. The number of rotatable bonds is 5. The Morgan fingerprint density at radius 1 is 1.14 bits per heavy atom. The van der Waals surface area contributed by atoms with Crippen LogP contribution in [0.2, 0.25) is 0 Å². The van der Waals surface area contributed by atoms with Crippen LogP contribution < -0.4 is 0 Å². The molecule has 6 heteroatoms. The highest BCUT2D eigenvalue weighted by Crippen LogP contribution is 2.34. The highest BCUT2D eigenvalue weighted by Gasteiger charge is 2.34. The number of sulfonamides is 1. The molecule has 146 valence electrons. The van der Waals surface area contributed by atoms with Crippen LogP contribution in [0, 0.1) is 6.92 Å². The number of aryl methyl sites for hydroxylation is 2. The molecule has 2 aromatic carbocycles. The van der Waals surface area contributed by atoms with E-state index in [4.69, 9.17) is 4.52 Å². The molecular formula is C22H24N2O3S. The van der Waals surface area contributed by atoms with Gasteiger partial charge in [-0.1, -0.05) is 54.5 Å². The van der Waals surface area contributed by atoms with Gasteiger partial charge in [0.1, 0.15) is 0 Å². The van der Waals surface area contributed by atoms with Gasteiger partial charge in [0.05, 0.1) is 10.6 Å². The summed E-state index contributed by atoms with van der Waals surface area (Å²) >= 11 is 0. The quantitative estimate of drug-likeness (QED) is 0.642. The van der Waals surface area contributed by atoms with Crippen molar-refractivity contribution in [3.8, 4) is 11.3 Å². The molecular weight excluding hydrogens is 372 g/mol. The predicted molar refractivity (Wildman–Crippen MR) is 109 cm³/mol. The Kier molecular flexibility index (Phi) is 5.08. The third-order valence-corrected chi connectivity index (χ3v) is 7.35. The van der Waals surface area contributed by atoms with Gasteiger partial charge in [-0.05, 0) is 42.9 Å². The SMILES string of the molecule is CCc1ccc(-c2cc(C)no2)cc1S(=O)(=O)N1CC[C@H](c2ccccc2)C1. The van der Waals surface area contributed by atoms with E-state index in [-0.39, 0.29) is 5.92 Å². The van der Waals surface area contributed by atoms with Gasteiger partial charge in [-0.25, -0.2) is 8.42 Å². The van der Waals surface area contributed by atoms with E-state index >= 15 is 0 Å². The van der Waals surface area contributed by atoms with Gasteiger partial charge in [0.25, 0.3) is 0 Å². The van der Waals surface area contributed by atoms with E-state index in [1.165, 1.54) is 5.56 Å². The topological polar surface area (TPSA) is 63.4 Å². The van der Waals surface area contributed by atoms with Crippen LogP contribution >= 0.6 is 0 Å². The minimum atomic E-state index is -3.57. The average Bonchev–Trinajstić information content (AvgIpc) is 3.38. The Morgan fingerprint density at radius 3 is 2.61 bits per heavy atom. The second-order valence-corrected chi connectivity index (χ2v) is 9.17. The van der Waals surface area contributed by atoms with Crippen LogP contribution in [0.4, 0.5) is 0 Å². The van der Waals surface area contributed by atoms with Gasteiger partial charge in [0, 0.05) is 24.7 Å². The highest BCUT2D eigenvalue weighted by molar-refractivity contribution is 7.89. The minimum Gasteiger partial charge on any atom is -0.356 e. The van der Waals surface area contributed by atoms with Crippen LogP contribution in [0.3, 0.4) is 0 Å². The maximum Gasteiger partial charge on any atom is 0.243 e. The summed E-state index contributed by atoms with van der Waals surface area (Å²) in [5.41, 5.74) is 3.52. The zero-order chi connectivity index (χ0) is 19.7. The van der Waals surface area contributed by atoms with E-state index in [0.717, 1.165) is 23.2 Å². The lowest BCUT2D eigenvalue weighted by Gasteiger charge is -2.19. The normalized spacial score (nSPS) is 17.9. The van der Waals surface area contributed by atoms with Crippen LogP contribution in [0.1, 0.15) is 36.1 Å². The van der Waals surface area contributed by atoms with E-state index in [0.29, 0.717) is 30.2 Å². The van der Waals surface area contributed by atoms with Crippen LogP contribution in [0.5, 0.6) is 0 Å². The third-order valence-electron chi connectivity index (χ3n) is 5.40. The number of hydrogen-bond donors (Lipinski definition) is 0. The molecule has 1 fully saturated rings. The van der Waals surface area contributed by atoms with Crippen LogP contribution in [-0.2, 0) is 16.4 Å². The third kappa shape index (κ3) is 3.50. The number of hydrogen-bond acceptors (Lipinski definition) is 4. The molecule has 1 saturated heterocycles. The fourth-order valence-corrected chi connectivity index (χ4v) is 5.64. The fraction of sp³-hybridized carbons (Fsp3) is 0.318. The summed E-state index contributed by atoms with van der Waals surface area (Å²) in [6, 6.07) is 17.5. The van der Waals surface area contributed by atoms with Gasteiger partial charge in [-0.2, -0.15) is 4.31 Å². The molecule has 1 aromatic heterocycles. The maximum absolute atomic E-state index is 13.5. The van der Waals surface area contributed by atoms with E-state index in [1.54, 1.807) is 10.4 Å². The number of benzene rings is 2. The summed E-state index contributed by atoms with van der Waals surface area (Å²) in [4.78, 5) is 0.371. The zero-order valence-electron chi connectivity index (χ0n) is 16.1. The molecule has 1 atom stereocenters. The Labute approximate surface area is 166 Å². The number of aromatic nitrogens is 1. The van der Waals surface area contributed by atoms with Crippen molar-refractivity contribution in [1.82, 2.24) is 9.46 Å². The summed E-state index contributed by atoms with van der Waals surface area (Å²) < 4.78 is 33.9. The summed E-state index contributed by atoms with van der Waals surface area (Å²) in [6.07, 6.45) is 1.49. The molecule has 4 rings (SSSR count). The number of nitrogens with zero attached hydrogens (tertiary/aromatic N) is 2. The van der Waals surface area contributed by atoms with Gasteiger partial charge in [0.15, 0.2) is 5.76 Å². The van der Waals surface area contributed by atoms with E-state index in [9.17, 15) is 8.42 Å². The van der Waals surface area contributed by atoms with Gasteiger partial charge in [0.2, 0.25) is 10.0 Å². The molecule has 0 amide bonds. The fourth-order valence-electron chi connectivity index (χ4n) is 3.82. The van der Waals surface area contributed by atoms with Crippen molar-refractivity contribution in [3.05, 3.63) is 71.4 Å². The smallest absolute Gasteiger partial charge is 0.243 e. The second-order valence-electron chi connectivity index (χ2n) is 7.27. The van der Waals surface area contributed by atoms with Crippen molar-refractivity contribution in [2.45, 2.75) is 37.5 Å². The van der Waals surface area contributed by atoms with Gasteiger partial charge in [-0.15, -0.1) is 0 Å². The van der Waals surface area contributed by atoms with Crippen LogP contribution in [0.25, 0.3) is 11.3 Å². The lowest BCUT2D eigenvalue weighted by atomic mass is 9.99. The molecule has 0 bridgehead atoms. The van der Waals surface area contributed by atoms with E-state index in [1.807, 2.05) is 50.2 Å². The summed E-state index contributed by atoms with van der Waals surface area (Å²) in [7, 11) is -3.57. The first-order chi connectivity index (χ1) is 13.5. The van der Waals surface area contributed by atoms with Crippen molar-refractivity contribution in [1.29, 1.82) is 0 Å². The largest absolute Gasteiger partial charge is 0.356 e. The predicted octanol–water partition coefficient (Wildman–Crippen LogP) is 4.39. The lowest BCUT2D eigenvalue weighted by molar-refractivity contribution is 0.427. The summed E-state index contributed by atoms with van der Waals surface area (Å²) in [5.74, 6) is 0.821. The molecule has 5 nitrogen and oxygen atoms in total. The molecule has 0 saturated carbocycles. The second kappa shape index (κ2) is 7.53. The zero-order valence-corrected chi connectivity index (χ0v) is 16.9. The van der Waals surface area contributed by atoms with Crippen LogP contribution in [0.15, 0.2) is 64.0 Å². The summed E-state index contributed by atoms with van der Waals surface area (Å²) in [6.45, 7) is 4.88. The molecule has 1 aliphatic heterocycles. The first-order valence-electron chi connectivity index (χ1n) is 9.60. The Balaban J connectivity index is 1.67. The molecule has 0 spiro atoms. The first-order valence-corrected chi connectivity index (χ1v) is 11.0. The van der Waals surface area contributed by atoms with Gasteiger partial charge in [-0.3, -0.25) is 0 Å². The van der Waals surface area contributed by atoms with Crippen molar-refractivity contribution in [2.75, 3.05) is 13.1 Å². The minimum absolute atomic E-state index is 0.237. The molecule has 0 unspecified atom stereocenters. The molecule has 0 radical (unpaired) electrons. The Morgan fingerprint density at radius 2 is 1.93 bits per heavy atom. The summed E-state index contributed by atoms with van der Waals surface area (Å²) in [5, 5.41) is 3.91. The van der Waals surface area contributed by atoms with Crippen molar-refractivity contribution >= 4 is 10.0 Å². The maximum atomic E-state index is 13.5. The van der Waals surface area contributed by atoms with Gasteiger partial charge < -0.3 is 4.52 Å². The van der Waals surface area contributed by atoms with Crippen molar-refractivity contribution < 1.29 is 12.9 Å². The van der Waals surface area contributed by atoms with Crippen molar-refractivity contribution in [2.24, 2.45) is 0 Å².